The summed E-state index contributed by atoms with van der Waals surface area (Å²) in [4.78, 5) is 11.6. The molecule has 1 saturated heterocycles. The molecule has 1 fully saturated rings. The van der Waals surface area contributed by atoms with E-state index in [4.69, 9.17) is 4.74 Å². The molecule has 2 rings (SSSR count). The van der Waals surface area contributed by atoms with Gasteiger partial charge in [0.15, 0.2) is 0 Å². The van der Waals surface area contributed by atoms with Crippen LogP contribution in [0.2, 0.25) is 0 Å². The lowest BCUT2D eigenvalue weighted by Crippen LogP contribution is -2.54. The van der Waals surface area contributed by atoms with Crippen LogP contribution >= 0.6 is 0 Å². The van der Waals surface area contributed by atoms with Gasteiger partial charge in [-0.3, -0.25) is 4.79 Å². The summed E-state index contributed by atoms with van der Waals surface area (Å²) >= 11 is 0. The zero-order valence-corrected chi connectivity index (χ0v) is 13.3. The number of nitrogens with one attached hydrogen (secondary N) is 1. The van der Waals surface area contributed by atoms with Crippen LogP contribution in [-0.4, -0.2) is 45.4 Å². The van der Waals surface area contributed by atoms with E-state index in [1.165, 1.54) is 5.69 Å². The van der Waals surface area contributed by atoms with Crippen molar-refractivity contribution in [2.24, 2.45) is 0 Å². The van der Waals surface area contributed by atoms with Crippen LogP contribution in [0.25, 0.3) is 0 Å². The molecule has 0 spiro atoms. The number of nitrogens with zero attached hydrogens (tertiary/aromatic N) is 1. The van der Waals surface area contributed by atoms with Gasteiger partial charge in [0.2, 0.25) is 0 Å². The van der Waals surface area contributed by atoms with Crippen molar-refractivity contribution in [1.82, 2.24) is 5.32 Å². The van der Waals surface area contributed by atoms with E-state index in [0.29, 0.717) is 25.2 Å². The third-order valence-corrected chi connectivity index (χ3v) is 3.23. The molecule has 1 aliphatic rings. The van der Waals surface area contributed by atoms with Gasteiger partial charge in [0.05, 0.1) is 13.7 Å². The molecule has 2 unspecified atom stereocenters. The molecule has 2 atom stereocenters. The van der Waals surface area contributed by atoms with Crippen LogP contribution in [0, 0.1) is 0 Å². The van der Waals surface area contributed by atoms with Crippen LogP contribution < -0.4 is 15.0 Å². The Labute approximate surface area is 127 Å². The highest BCUT2D eigenvalue weighted by molar-refractivity contribution is 5.49. The summed E-state index contributed by atoms with van der Waals surface area (Å²) in [6, 6.07) is 9.39. The molecule has 1 N–H and O–H groups in total. The van der Waals surface area contributed by atoms with E-state index >= 15 is 0 Å². The lowest BCUT2D eigenvalue weighted by molar-refractivity contribution is -0.128. The van der Waals surface area contributed by atoms with E-state index in [-0.39, 0.29) is 0 Å². The van der Waals surface area contributed by atoms with Crippen molar-refractivity contribution in [3.05, 3.63) is 24.3 Å². The summed E-state index contributed by atoms with van der Waals surface area (Å²) in [7, 11) is 1.70. The topological polar surface area (TPSA) is 50.8 Å². The lowest BCUT2D eigenvalue weighted by Gasteiger charge is -2.37. The number of piperazine rings is 1. The van der Waals surface area contributed by atoms with E-state index in [1.54, 1.807) is 14.0 Å². The quantitative estimate of drug-likeness (QED) is 0.862. The fourth-order valence-electron chi connectivity index (χ4n) is 2.40. The number of carbonyl (C=O) groups is 1. The van der Waals surface area contributed by atoms with Crippen molar-refractivity contribution in [3.8, 4) is 5.75 Å². The summed E-state index contributed by atoms with van der Waals surface area (Å²) < 4.78 is 9.32. The highest BCUT2D eigenvalue weighted by atomic mass is 16.5. The Balaban J connectivity index is 0.000000383. The highest BCUT2D eigenvalue weighted by Crippen LogP contribution is 2.21. The van der Waals surface area contributed by atoms with Crippen LogP contribution in [0.4, 0.5) is 5.69 Å². The average molecular weight is 294 g/mol. The molecule has 118 valence electrons. The first-order valence-electron chi connectivity index (χ1n) is 7.31. The number of anilines is 1. The summed E-state index contributed by atoms with van der Waals surface area (Å²) in [5.74, 6) is 0.917. The minimum atomic E-state index is 0.431. The van der Waals surface area contributed by atoms with E-state index < -0.39 is 0 Å². The van der Waals surface area contributed by atoms with Gasteiger partial charge in [-0.25, -0.2) is 0 Å². The average Bonchev–Trinajstić information content (AvgIpc) is 2.48. The van der Waals surface area contributed by atoms with Crippen LogP contribution in [-0.2, 0) is 9.53 Å². The first-order valence-corrected chi connectivity index (χ1v) is 7.31. The molecule has 0 aliphatic carbocycles. The third-order valence-electron chi connectivity index (χ3n) is 3.23. The largest absolute Gasteiger partial charge is 0.497 e. The molecule has 0 aromatic heterocycles. The van der Waals surface area contributed by atoms with Gasteiger partial charge >= 0.3 is 0 Å². The molecule has 1 aromatic carbocycles. The summed E-state index contributed by atoms with van der Waals surface area (Å²) in [5.41, 5.74) is 1.28. The summed E-state index contributed by atoms with van der Waals surface area (Å²) in [6.45, 7) is 9.25. The van der Waals surface area contributed by atoms with Crippen molar-refractivity contribution in [2.75, 3.05) is 31.7 Å². The van der Waals surface area contributed by atoms with Gasteiger partial charge < -0.3 is 19.7 Å². The van der Waals surface area contributed by atoms with Gasteiger partial charge in [0, 0.05) is 30.9 Å². The normalized spacial score (nSPS) is 21.0. The van der Waals surface area contributed by atoms with Crippen LogP contribution in [0.15, 0.2) is 24.3 Å². The molecule has 5 heteroatoms. The van der Waals surface area contributed by atoms with Crippen molar-refractivity contribution in [3.63, 3.8) is 0 Å². The van der Waals surface area contributed by atoms with Gasteiger partial charge in [-0.1, -0.05) is 0 Å². The Morgan fingerprint density at radius 2 is 1.81 bits per heavy atom. The first-order chi connectivity index (χ1) is 10.1. The summed E-state index contributed by atoms with van der Waals surface area (Å²) in [6.07, 6.45) is 0. The van der Waals surface area contributed by atoms with E-state index in [9.17, 15) is 4.79 Å². The second-order valence-corrected chi connectivity index (χ2v) is 5.12. The Kier molecular flexibility index (Phi) is 7.61. The third kappa shape index (κ3) is 6.04. The van der Waals surface area contributed by atoms with Crippen LogP contribution in [0.1, 0.15) is 20.8 Å². The molecule has 1 aromatic rings. The van der Waals surface area contributed by atoms with E-state index in [0.717, 1.165) is 18.8 Å². The van der Waals surface area contributed by atoms with Gasteiger partial charge in [-0.05, 0) is 45.0 Å². The Bertz CT molecular complexity index is 398. The molecular weight excluding hydrogens is 268 g/mol. The van der Waals surface area contributed by atoms with Crippen molar-refractivity contribution in [2.45, 2.75) is 32.9 Å². The smallest absolute Gasteiger partial charge is 0.293 e. The number of ether oxygens (including phenoxy) is 2. The fourth-order valence-corrected chi connectivity index (χ4v) is 2.40. The first kappa shape index (κ1) is 17.3. The van der Waals surface area contributed by atoms with Crippen molar-refractivity contribution >= 4 is 12.2 Å². The molecule has 0 radical (unpaired) electrons. The number of benzene rings is 1. The zero-order valence-electron chi connectivity index (χ0n) is 13.3. The molecule has 1 heterocycles. The second kappa shape index (κ2) is 9.23. The molecule has 5 nitrogen and oxygen atoms in total. The van der Waals surface area contributed by atoms with Gasteiger partial charge in [-0.15, -0.1) is 0 Å². The zero-order chi connectivity index (χ0) is 15.7. The molecule has 0 amide bonds. The van der Waals surface area contributed by atoms with Crippen LogP contribution in [0.3, 0.4) is 0 Å². The highest BCUT2D eigenvalue weighted by Gasteiger charge is 2.20. The SMILES string of the molecule is CCOC=O.COc1ccc(N2CC(C)NC(C)C2)cc1. The van der Waals surface area contributed by atoms with Gasteiger partial charge in [0.25, 0.3) is 6.47 Å². The maximum atomic E-state index is 9.18. The van der Waals surface area contributed by atoms with Gasteiger partial charge in [-0.2, -0.15) is 0 Å². The molecule has 0 bridgehead atoms. The minimum Gasteiger partial charge on any atom is -0.497 e. The second-order valence-electron chi connectivity index (χ2n) is 5.12. The number of hydrogen-bond donors (Lipinski definition) is 1. The standard InChI is InChI=1S/C13H20N2O.C3H6O2/c1-10-8-15(9-11(2)14-10)12-4-6-13(16-3)7-5-12;1-2-5-3-4/h4-7,10-11,14H,8-9H2,1-3H3;3H,2H2,1H3. The molecular formula is C16H26N2O3. The fraction of sp³-hybridized carbons (Fsp3) is 0.562. The number of hydrogen-bond acceptors (Lipinski definition) is 5. The number of carbonyl (C=O) groups excluding carboxylic acids is 1. The molecule has 21 heavy (non-hydrogen) atoms. The van der Waals surface area contributed by atoms with E-state index in [2.05, 4.69) is 40.9 Å². The van der Waals surface area contributed by atoms with Crippen molar-refractivity contribution in [1.29, 1.82) is 0 Å². The van der Waals surface area contributed by atoms with E-state index in [1.807, 2.05) is 12.1 Å². The molecule has 1 aliphatic heterocycles. The van der Waals surface area contributed by atoms with Gasteiger partial charge in [0.1, 0.15) is 5.75 Å². The number of methoxy groups -OCH3 is 1. The maximum absolute atomic E-state index is 9.18. The minimum absolute atomic E-state index is 0.431. The Morgan fingerprint density at radius 1 is 1.24 bits per heavy atom. The monoisotopic (exact) mass is 294 g/mol. The Hall–Kier alpha value is -1.75. The molecule has 0 saturated carbocycles. The maximum Gasteiger partial charge on any atom is 0.293 e. The summed E-state index contributed by atoms with van der Waals surface area (Å²) in [5, 5.41) is 3.54. The van der Waals surface area contributed by atoms with Crippen molar-refractivity contribution < 1.29 is 14.3 Å². The van der Waals surface area contributed by atoms with Crippen LogP contribution in [0.5, 0.6) is 5.75 Å². The Morgan fingerprint density at radius 3 is 2.19 bits per heavy atom. The predicted octanol–water partition coefficient (Wildman–Crippen LogP) is 2.06. The number of rotatable bonds is 4. The lowest BCUT2D eigenvalue weighted by atomic mass is 10.1. The predicted molar refractivity (Wildman–Crippen MR) is 85.0 cm³/mol.